The molecule has 0 saturated carbocycles. The molecular formula is C16H19NOS. The second-order valence-electron chi connectivity index (χ2n) is 5.20. The minimum absolute atomic E-state index is 0.203. The molecule has 1 aliphatic heterocycles. The van der Waals surface area contributed by atoms with Gasteiger partial charge in [0.1, 0.15) is 0 Å². The molecule has 3 heteroatoms. The van der Waals surface area contributed by atoms with Crippen molar-refractivity contribution in [1.82, 2.24) is 0 Å². The number of anilines is 1. The van der Waals surface area contributed by atoms with Gasteiger partial charge in [-0.1, -0.05) is 19.1 Å². The Kier molecular flexibility index (Phi) is 3.56. The molecule has 1 aromatic carbocycles. The lowest BCUT2D eigenvalue weighted by atomic mass is 9.99. The minimum atomic E-state index is 0.203. The fourth-order valence-corrected chi connectivity index (χ4v) is 3.93. The van der Waals surface area contributed by atoms with Crippen molar-refractivity contribution in [2.45, 2.75) is 38.6 Å². The van der Waals surface area contributed by atoms with Crippen molar-refractivity contribution >= 4 is 27.1 Å². The first-order valence-corrected chi connectivity index (χ1v) is 7.96. The van der Waals surface area contributed by atoms with Gasteiger partial charge in [0, 0.05) is 28.1 Å². The Balaban J connectivity index is 2.09. The molecule has 2 heterocycles. The topological polar surface area (TPSA) is 20.3 Å². The number of fused-ring (bicyclic) bond motifs is 1. The zero-order valence-electron chi connectivity index (χ0n) is 11.3. The molecule has 0 unspecified atom stereocenters. The van der Waals surface area contributed by atoms with E-state index in [1.807, 2.05) is 24.3 Å². The van der Waals surface area contributed by atoms with Crippen molar-refractivity contribution < 1.29 is 0 Å². The molecule has 0 bridgehead atoms. The highest BCUT2D eigenvalue weighted by Gasteiger charge is 2.23. The Hall–Kier alpha value is -1.35. The molecule has 1 aliphatic rings. The van der Waals surface area contributed by atoms with Gasteiger partial charge in [-0.25, -0.2) is 0 Å². The number of hydrogen-bond acceptors (Lipinski definition) is 3. The molecule has 3 rings (SSSR count). The number of nitrogens with zero attached hydrogens (tertiary/aromatic N) is 1. The number of piperidine rings is 1. The van der Waals surface area contributed by atoms with E-state index in [1.165, 1.54) is 19.3 Å². The predicted octanol–water partition coefficient (Wildman–Crippen LogP) is 4.03. The molecule has 1 fully saturated rings. The quantitative estimate of drug-likeness (QED) is 0.823. The number of benzene rings is 1. The van der Waals surface area contributed by atoms with Gasteiger partial charge in [0.2, 0.25) is 5.43 Å². The highest BCUT2D eigenvalue weighted by atomic mass is 32.1. The first kappa shape index (κ1) is 12.7. The average Bonchev–Trinajstić information content (AvgIpc) is 2.48. The summed E-state index contributed by atoms with van der Waals surface area (Å²) >= 11 is 1.68. The highest BCUT2D eigenvalue weighted by molar-refractivity contribution is 7.16. The fraction of sp³-hybridized carbons (Fsp3) is 0.438. The van der Waals surface area contributed by atoms with Crippen molar-refractivity contribution in [2.24, 2.45) is 0 Å². The third-order valence-electron chi connectivity index (χ3n) is 4.07. The van der Waals surface area contributed by atoms with E-state index in [1.54, 1.807) is 11.3 Å². The summed E-state index contributed by atoms with van der Waals surface area (Å²) in [5.41, 5.74) is 1.12. The molecule has 0 radical (unpaired) electrons. The van der Waals surface area contributed by atoms with Crippen LogP contribution in [0.5, 0.6) is 0 Å². The summed E-state index contributed by atoms with van der Waals surface area (Å²) < 4.78 is 1.08. The molecule has 1 atom stereocenters. The van der Waals surface area contributed by atoms with Crippen LogP contribution in [0.15, 0.2) is 34.4 Å². The predicted molar refractivity (Wildman–Crippen MR) is 83.4 cm³/mol. The van der Waals surface area contributed by atoms with E-state index in [0.29, 0.717) is 6.04 Å². The van der Waals surface area contributed by atoms with Gasteiger partial charge in [-0.3, -0.25) is 4.79 Å². The van der Waals surface area contributed by atoms with Crippen LogP contribution in [0, 0.1) is 0 Å². The van der Waals surface area contributed by atoms with E-state index in [-0.39, 0.29) is 5.43 Å². The van der Waals surface area contributed by atoms with Crippen LogP contribution in [0.2, 0.25) is 0 Å². The SMILES string of the molecule is CC[C@@H]1CCCCN1c1csc2ccccc2c1=O. The largest absolute Gasteiger partial charge is 0.365 e. The van der Waals surface area contributed by atoms with Crippen LogP contribution >= 0.6 is 11.3 Å². The second kappa shape index (κ2) is 5.33. The Morgan fingerprint density at radius 2 is 2.16 bits per heavy atom. The van der Waals surface area contributed by atoms with E-state index >= 15 is 0 Å². The van der Waals surface area contributed by atoms with Gasteiger partial charge >= 0.3 is 0 Å². The second-order valence-corrected chi connectivity index (χ2v) is 6.11. The third-order valence-corrected chi connectivity index (χ3v) is 5.02. The van der Waals surface area contributed by atoms with Crippen molar-refractivity contribution in [3.8, 4) is 0 Å². The number of hydrogen-bond donors (Lipinski definition) is 0. The summed E-state index contributed by atoms with van der Waals surface area (Å²) in [6.07, 6.45) is 4.83. The first-order chi connectivity index (χ1) is 9.31. The summed E-state index contributed by atoms with van der Waals surface area (Å²) in [4.78, 5) is 15.0. The molecule has 0 N–H and O–H groups in total. The first-order valence-electron chi connectivity index (χ1n) is 7.08. The van der Waals surface area contributed by atoms with Crippen molar-refractivity contribution in [1.29, 1.82) is 0 Å². The Labute approximate surface area is 117 Å². The highest BCUT2D eigenvalue weighted by Crippen LogP contribution is 2.27. The van der Waals surface area contributed by atoms with Crippen LogP contribution in [-0.4, -0.2) is 12.6 Å². The smallest absolute Gasteiger partial charge is 0.211 e. The van der Waals surface area contributed by atoms with Crippen LogP contribution in [0.4, 0.5) is 5.69 Å². The molecule has 19 heavy (non-hydrogen) atoms. The fourth-order valence-electron chi connectivity index (χ4n) is 3.01. The van der Waals surface area contributed by atoms with E-state index in [4.69, 9.17) is 0 Å². The van der Waals surface area contributed by atoms with Gasteiger partial charge in [0.25, 0.3) is 0 Å². The van der Waals surface area contributed by atoms with E-state index in [2.05, 4.69) is 17.2 Å². The van der Waals surface area contributed by atoms with Gasteiger partial charge in [0.05, 0.1) is 5.69 Å². The lowest BCUT2D eigenvalue weighted by molar-refractivity contribution is 0.449. The normalized spacial score (nSPS) is 19.8. The maximum atomic E-state index is 12.7. The van der Waals surface area contributed by atoms with Crippen LogP contribution in [0.3, 0.4) is 0 Å². The van der Waals surface area contributed by atoms with Crippen LogP contribution in [0.1, 0.15) is 32.6 Å². The van der Waals surface area contributed by atoms with Gasteiger partial charge < -0.3 is 4.90 Å². The molecule has 0 aliphatic carbocycles. The minimum Gasteiger partial charge on any atom is -0.365 e. The molecule has 0 spiro atoms. The molecule has 2 nitrogen and oxygen atoms in total. The summed E-state index contributed by atoms with van der Waals surface area (Å²) in [5, 5.41) is 2.92. The number of rotatable bonds is 2. The lowest BCUT2D eigenvalue weighted by Gasteiger charge is -2.36. The van der Waals surface area contributed by atoms with Crippen LogP contribution < -0.4 is 10.3 Å². The maximum absolute atomic E-state index is 12.7. The molecule has 1 saturated heterocycles. The summed E-state index contributed by atoms with van der Waals surface area (Å²) in [7, 11) is 0. The Bertz CT molecular complexity index is 634. The van der Waals surface area contributed by atoms with Crippen molar-refractivity contribution in [3.63, 3.8) is 0 Å². The van der Waals surface area contributed by atoms with E-state index < -0.39 is 0 Å². The van der Waals surface area contributed by atoms with E-state index in [0.717, 1.165) is 28.7 Å². The van der Waals surface area contributed by atoms with E-state index in [9.17, 15) is 4.79 Å². The maximum Gasteiger partial charge on any atom is 0.211 e. The molecule has 0 amide bonds. The van der Waals surface area contributed by atoms with Gasteiger partial charge in [0.15, 0.2) is 0 Å². The zero-order valence-corrected chi connectivity index (χ0v) is 12.1. The van der Waals surface area contributed by atoms with Crippen molar-refractivity contribution in [2.75, 3.05) is 11.4 Å². The van der Waals surface area contributed by atoms with Crippen LogP contribution in [0.25, 0.3) is 10.1 Å². The molecular weight excluding hydrogens is 254 g/mol. The Morgan fingerprint density at radius 1 is 1.32 bits per heavy atom. The van der Waals surface area contributed by atoms with Crippen molar-refractivity contribution in [3.05, 3.63) is 39.9 Å². The summed E-state index contributed by atoms with van der Waals surface area (Å²) in [5.74, 6) is 0. The standard InChI is InChI=1S/C16H19NOS/c1-2-12-7-5-6-10-17(12)14-11-19-15-9-4-3-8-13(15)16(14)18/h3-4,8-9,11-12H,2,5-7,10H2,1H3/t12-/m1/s1. The monoisotopic (exact) mass is 273 g/mol. The van der Waals surface area contributed by atoms with Gasteiger partial charge in [-0.05, 0) is 37.8 Å². The summed E-state index contributed by atoms with van der Waals surface area (Å²) in [6, 6.07) is 8.46. The van der Waals surface area contributed by atoms with Gasteiger partial charge in [-0.2, -0.15) is 0 Å². The molecule has 1 aromatic heterocycles. The van der Waals surface area contributed by atoms with Crippen LogP contribution in [-0.2, 0) is 0 Å². The molecule has 2 aromatic rings. The Morgan fingerprint density at radius 3 is 3.00 bits per heavy atom. The molecule has 100 valence electrons. The third kappa shape index (κ3) is 2.27. The zero-order chi connectivity index (χ0) is 13.2. The average molecular weight is 273 g/mol. The van der Waals surface area contributed by atoms with Gasteiger partial charge in [-0.15, -0.1) is 11.3 Å². The lowest BCUT2D eigenvalue weighted by Crippen LogP contribution is -2.41. The summed E-state index contributed by atoms with van der Waals surface area (Å²) in [6.45, 7) is 3.25.